The van der Waals surface area contributed by atoms with Gasteiger partial charge in [0.05, 0.1) is 17.9 Å². The van der Waals surface area contributed by atoms with Crippen molar-refractivity contribution in [1.82, 2.24) is 4.90 Å². The van der Waals surface area contributed by atoms with Crippen LogP contribution in [0.15, 0.2) is 48.2 Å². The summed E-state index contributed by atoms with van der Waals surface area (Å²) in [5, 5.41) is 0.491. The third-order valence-electron chi connectivity index (χ3n) is 5.60. The van der Waals surface area contributed by atoms with Gasteiger partial charge in [0.25, 0.3) is 11.8 Å². The first-order valence-corrected chi connectivity index (χ1v) is 10.8. The predicted octanol–water partition coefficient (Wildman–Crippen LogP) is 4.82. The smallest absolute Gasteiger partial charge is 0.282 e. The molecule has 0 atom stereocenters. The number of halogens is 1. The van der Waals surface area contributed by atoms with Crippen molar-refractivity contribution in [3.8, 4) is 5.75 Å². The first-order valence-electron chi connectivity index (χ1n) is 10.4. The number of hydrogen-bond donors (Lipinski definition) is 0. The molecular formula is C24H25ClN2O3. The van der Waals surface area contributed by atoms with E-state index in [-0.39, 0.29) is 11.8 Å². The van der Waals surface area contributed by atoms with Crippen molar-refractivity contribution < 1.29 is 14.3 Å². The Bertz CT molecular complexity index is 1010. The fourth-order valence-electron chi connectivity index (χ4n) is 4.12. The van der Waals surface area contributed by atoms with Crippen molar-refractivity contribution in [1.29, 1.82) is 0 Å². The Labute approximate surface area is 181 Å². The lowest BCUT2D eigenvalue weighted by atomic mass is 10.0. The zero-order valence-corrected chi connectivity index (χ0v) is 18.0. The average molecular weight is 425 g/mol. The average Bonchev–Trinajstić information content (AvgIpc) is 3.01. The Morgan fingerprint density at radius 2 is 1.67 bits per heavy atom. The van der Waals surface area contributed by atoms with E-state index < -0.39 is 0 Å². The largest absolute Gasteiger partial charge is 0.494 e. The number of piperidine rings is 1. The van der Waals surface area contributed by atoms with Crippen LogP contribution in [0.3, 0.4) is 0 Å². The number of nitrogens with zero attached hydrogens (tertiary/aromatic N) is 2. The second kappa shape index (κ2) is 8.52. The molecule has 6 heteroatoms. The molecule has 1 saturated heterocycles. The molecule has 5 nitrogen and oxygen atoms in total. The Hall–Kier alpha value is -2.79. The van der Waals surface area contributed by atoms with E-state index in [0.717, 1.165) is 49.2 Å². The summed E-state index contributed by atoms with van der Waals surface area (Å²) in [6.07, 6.45) is 3.16. The molecular weight excluding hydrogens is 400 g/mol. The lowest BCUT2D eigenvalue weighted by molar-refractivity contribution is -0.120. The highest BCUT2D eigenvalue weighted by Gasteiger charge is 2.43. The third-order valence-corrected chi connectivity index (χ3v) is 5.83. The molecule has 0 aromatic heterocycles. The molecule has 1 fully saturated rings. The topological polar surface area (TPSA) is 49.9 Å². The van der Waals surface area contributed by atoms with Gasteiger partial charge in [-0.05, 0) is 68.5 Å². The zero-order valence-electron chi connectivity index (χ0n) is 17.3. The SMILES string of the molecule is CCOc1ccc(C2=C(N3CCCCC3)C(=O)N(c3cc(Cl)ccc3C)C2=O)cc1. The van der Waals surface area contributed by atoms with Crippen LogP contribution in [-0.4, -0.2) is 36.4 Å². The number of likely N-dealkylation sites (tertiary alicyclic amines) is 1. The van der Waals surface area contributed by atoms with E-state index in [1.165, 1.54) is 4.90 Å². The predicted molar refractivity (Wildman–Crippen MR) is 119 cm³/mol. The highest BCUT2D eigenvalue weighted by Crippen LogP contribution is 2.38. The number of imide groups is 1. The molecule has 156 valence electrons. The summed E-state index contributed by atoms with van der Waals surface area (Å²) >= 11 is 6.19. The maximum absolute atomic E-state index is 13.6. The van der Waals surface area contributed by atoms with Gasteiger partial charge in [-0.3, -0.25) is 9.59 Å². The number of benzene rings is 2. The normalized spacial score (nSPS) is 17.2. The second-order valence-corrected chi connectivity index (χ2v) is 8.04. The minimum absolute atomic E-state index is 0.281. The summed E-state index contributed by atoms with van der Waals surface area (Å²) in [6.45, 7) is 5.92. The minimum Gasteiger partial charge on any atom is -0.494 e. The first kappa shape index (κ1) is 20.5. The molecule has 2 aromatic carbocycles. The minimum atomic E-state index is -0.310. The molecule has 0 spiro atoms. The van der Waals surface area contributed by atoms with Crippen LogP contribution in [0.5, 0.6) is 5.75 Å². The van der Waals surface area contributed by atoms with Crippen LogP contribution in [0.4, 0.5) is 5.69 Å². The standard InChI is InChI=1S/C24H25ClN2O3/c1-3-30-19-11-8-17(9-12-19)21-22(26-13-5-4-6-14-26)24(29)27(23(21)28)20-15-18(25)10-7-16(20)2/h7-12,15H,3-6,13-14H2,1-2H3. The van der Waals surface area contributed by atoms with Gasteiger partial charge in [0.2, 0.25) is 0 Å². The molecule has 0 bridgehead atoms. The van der Waals surface area contributed by atoms with Crippen LogP contribution < -0.4 is 9.64 Å². The summed E-state index contributed by atoms with van der Waals surface area (Å²) in [5.41, 5.74) is 3.02. The van der Waals surface area contributed by atoms with Gasteiger partial charge in [-0.2, -0.15) is 0 Å². The Kier molecular flexibility index (Phi) is 5.82. The number of ether oxygens (including phenoxy) is 1. The first-order chi connectivity index (χ1) is 14.5. The molecule has 0 saturated carbocycles. The number of carbonyl (C=O) groups excluding carboxylic acids is 2. The maximum atomic E-state index is 13.6. The molecule has 2 aliphatic heterocycles. The van der Waals surface area contributed by atoms with Gasteiger partial charge in [0, 0.05) is 18.1 Å². The summed E-state index contributed by atoms with van der Waals surface area (Å²) in [7, 11) is 0. The monoisotopic (exact) mass is 424 g/mol. The molecule has 0 unspecified atom stereocenters. The van der Waals surface area contributed by atoms with Crippen LogP contribution in [0, 0.1) is 6.92 Å². The summed E-state index contributed by atoms with van der Waals surface area (Å²) in [5.74, 6) is 0.145. The van der Waals surface area contributed by atoms with Crippen LogP contribution in [-0.2, 0) is 9.59 Å². The van der Waals surface area contributed by atoms with E-state index in [1.807, 2.05) is 44.2 Å². The molecule has 0 aliphatic carbocycles. The fourth-order valence-corrected chi connectivity index (χ4v) is 4.28. The molecule has 2 heterocycles. The Morgan fingerprint density at radius 3 is 2.33 bits per heavy atom. The second-order valence-electron chi connectivity index (χ2n) is 7.61. The van der Waals surface area contributed by atoms with E-state index in [9.17, 15) is 9.59 Å². The van der Waals surface area contributed by atoms with E-state index in [4.69, 9.17) is 16.3 Å². The van der Waals surface area contributed by atoms with Crippen molar-refractivity contribution in [2.24, 2.45) is 0 Å². The van der Waals surface area contributed by atoms with Gasteiger partial charge in [0.1, 0.15) is 11.4 Å². The maximum Gasteiger partial charge on any atom is 0.282 e. The number of aryl methyl sites for hydroxylation is 1. The van der Waals surface area contributed by atoms with E-state index in [2.05, 4.69) is 4.90 Å². The van der Waals surface area contributed by atoms with Crippen molar-refractivity contribution >= 4 is 34.7 Å². The molecule has 2 aromatic rings. The molecule has 0 N–H and O–H groups in total. The number of carbonyl (C=O) groups is 2. The Balaban J connectivity index is 1.81. The van der Waals surface area contributed by atoms with Crippen molar-refractivity contribution in [3.05, 3.63) is 64.3 Å². The van der Waals surface area contributed by atoms with Gasteiger partial charge >= 0.3 is 0 Å². The fraction of sp³-hybridized carbons (Fsp3) is 0.333. The summed E-state index contributed by atoms with van der Waals surface area (Å²) in [6, 6.07) is 12.6. The van der Waals surface area contributed by atoms with Gasteiger partial charge in [0.15, 0.2) is 0 Å². The molecule has 0 radical (unpaired) electrons. The quantitative estimate of drug-likeness (QED) is 0.646. The van der Waals surface area contributed by atoms with Crippen LogP contribution in [0.25, 0.3) is 5.57 Å². The van der Waals surface area contributed by atoms with Crippen LogP contribution >= 0.6 is 11.6 Å². The lowest BCUT2D eigenvalue weighted by Crippen LogP contribution is -2.37. The molecule has 2 amide bonds. The molecule has 2 aliphatic rings. The van der Waals surface area contributed by atoms with Gasteiger partial charge in [-0.1, -0.05) is 29.8 Å². The lowest BCUT2D eigenvalue weighted by Gasteiger charge is -2.29. The number of hydrogen-bond acceptors (Lipinski definition) is 4. The number of anilines is 1. The molecule has 4 rings (SSSR count). The van der Waals surface area contributed by atoms with Gasteiger partial charge in [-0.25, -0.2) is 4.90 Å². The van der Waals surface area contributed by atoms with Crippen molar-refractivity contribution in [3.63, 3.8) is 0 Å². The van der Waals surface area contributed by atoms with E-state index in [1.54, 1.807) is 12.1 Å². The van der Waals surface area contributed by atoms with Crippen LogP contribution in [0.1, 0.15) is 37.3 Å². The van der Waals surface area contributed by atoms with Gasteiger partial charge < -0.3 is 9.64 Å². The highest BCUT2D eigenvalue weighted by atomic mass is 35.5. The Morgan fingerprint density at radius 1 is 0.967 bits per heavy atom. The number of rotatable bonds is 5. The zero-order chi connectivity index (χ0) is 21.3. The summed E-state index contributed by atoms with van der Waals surface area (Å²) in [4.78, 5) is 30.5. The third kappa shape index (κ3) is 3.70. The summed E-state index contributed by atoms with van der Waals surface area (Å²) < 4.78 is 5.53. The van der Waals surface area contributed by atoms with Gasteiger partial charge in [-0.15, -0.1) is 0 Å². The van der Waals surface area contributed by atoms with Crippen molar-refractivity contribution in [2.75, 3.05) is 24.6 Å². The van der Waals surface area contributed by atoms with E-state index >= 15 is 0 Å². The van der Waals surface area contributed by atoms with E-state index in [0.29, 0.717) is 28.6 Å². The molecule has 30 heavy (non-hydrogen) atoms. The van der Waals surface area contributed by atoms with Crippen molar-refractivity contribution in [2.45, 2.75) is 33.1 Å². The van der Waals surface area contributed by atoms with Crippen LogP contribution in [0.2, 0.25) is 5.02 Å². The highest BCUT2D eigenvalue weighted by molar-refractivity contribution is 6.45. The number of amides is 2.